The van der Waals surface area contributed by atoms with Crippen LogP contribution in [0.5, 0.6) is 0 Å². The summed E-state index contributed by atoms with van der Waals surface area (Å²) in [6, 6.07) is 10.4. The third-order valence-electron chi connectivity index (χ3n) is 3.30. The standard InChI is InChI=1S/C16H20FNOS/c1-11(2)16(15-4-3-9-20-15)18-10-14(19)12-5-7-13(17)8-6-12/h3-9,11,14,16,18-19H,10H2,1-2H3. The summed E-state index contributed by atoms with van der Waals surface area (Å²) in [6.07, 6.45) is -0.628. The molecule has 0 saturated heterocycles. The largest absolute Gasteiger partial charge is 0.387 e. The van der Waals surface area contributed by atoms with Gasteiger partial charge in [0.05, 0.1) is 6.10 Å². The molecular formula is C16H20FNOS. The minimum atomic E-state index is -0.628. The number of thiophene rings is 1. The van der Waals surface area contributed by atoms with Crippen molar-refractivity contribution in [2.24, 2.45) is 5.92 Å². The third kappa shape index (κ3) is 3.88. The summed E-state index contributed by atoms with van der Waals surface area (Å²) < 4.78 is 12.9. The van der Waals surface area contributed by atoms with E-state index in [0.717, 1.165) is 5.56 Å². The first-order valence-corrected chi connectivity index (χ1v) is 7.66. The number of hydrogen-bond donors (Lipinski definition) is 2. The molecule has 2 atom stereocenters. The van der Waals surface area contributed by atoms with Gasteiger partial charge in [0.1, 0.15) is 5.82 Å². The van der Waals surface area contributed by atoms with Crippen molar-refractivity contribution < 1.29 is 9.50 Å². The molecule has 0 spiro atoms. The van der Waals surface area contributed by atoms with Crippen molar-refractivity contribution in [3.63, 3.8) is 0 Å². The number of aliphatic hydroxyl groups is 1. The van der Waals surface area contributed by atoms with Crippen molar-refractivity contribution >= 4 is 11.3 Å². The number of halogens is 1. The molecule has 0 amide bonds. The fourth-order valence-corrected chi connectivity index (χ4v) is 3.15. The topological polar surface area (TPSA) is 32.3 Å². The zero-order chi connectivity index (χ0) is 14.5. The molecule has 0 radical (unpaired) electrons. The summed E-state index contributed by atoms with van der Waals surface area (Å²) in [7, 11) is 0. The van der Waals surface area contributed by atoms with Crippen molar-refractivity contribution in [1.82, 2.24) is 5.32 Å². The van der Waals surface area contributed by atoms with Crippen LogP contribution in [0.3, 0.4) is 0 Å². The van der Waals surface area contributed by atoms with Crippen LogP contribution in [0.15, 0.2) is 41.8 Å². The van der Waals surface area contributed by atoms with E-state index in [1.54, 1.807) is 23.5 Å². The molecule has 0 fully saturated rings. The fraction of sp³-hybridized carbons (Fsp3) is 0.375. The Hall–Kier alpha value is -1.23. The Morgan fingerprint density at radius 3 is 2.45 bits per heavy atom. The van der Waals surface area contributed by atoms with Crippen LogP contribution in [0.25, 0.3) is 0 Å². The van der Waals surface area contributed by atoms with Gasteiger partial charge in [0.15, 0.2) is 0 Å². The number of aliphatic hydroxyl groups excluding tert-OH is 1. The maximum Gasteiger partial charge on any atom is 0.123 e. The minimum Gasteiger partial charge on any atom is -0.387 e. The Bertz CT molecular complexity index is 510. The Labute approximate surface area is 123 Å². The predicted octanol–water partition coefficient (Wildman–Crippen LogP) is 3.91. The maximum atomic E-state index is 12.9. The van der Waals surface area contributed by atoms with Crippen LogP contribution in [0.2, 0.25) is 0 Å². The molecule has 2 rings (SSSR count). The normalized spacial score (nSPS) is 14.4. The van der Waals surface area contributed by atoms with Gasteiger partial charge in [-0.2, -0.15) is 0 Å². The molecule has 2 nitrogen and oxygen atoms in total. The van der Waals surface area contributed by atoms with Crippen molar-refractivity contribution in [3.8, 4) is 0 Å². The summed E-state index contributed by atoms with van der Waals surface area (Å²) in [6.45, 7) is 4.76. The summed E-state index contributed by atoms with van der Waals surface area (Å²) >= 11 is 1.72. The van der Waals surface area contributed by atoms with E-state index < -0.39 is 6.10 Å². The highest BCUT2D eigenvalue weighted by Crippen LogP contribution is 2.26. The monoisotopic (exact) mass is 293 g/mol. The molecule has 0 bridgehead atoms. The van der Waals surface area contributed by atoms with Crippen molar-refractivity contribution in [2.75, 3.05) is 6.54 Å². The van der Waals surface area contributed by atoms with Gasteiger partial charge in [0.2, 0.25) is 0 Å². The second-order valence-electron chi connectivity index (χ2n) is 5.21. The van der Waals surface area contributed by atoms with E-state index in [-0.39, 0.29) is 11.9 Å². The highest BCUT2D eigenvalue weighted by Gasteiger charge is 2.18. The van der Waals surface area contributed by atoms with Crippen LogP contribution < -0.4 is 5.32 Å². The number of hydrogen-bond acceptors (Lipinski definition) is 3. The smallest absolute Gasteiger partial charge is 0.123 e. The van der Waals surface area contributed by atoms with Crippen LogP contribution >= 0.6 is 11.3 Å². The van der Waals surface area contributed by atoms with Gasteiger partial charge in [-0.05, 0) is 35.1 Å². The Balaban J connectivity index is 1.97. The van der Waals surface area contributed by atoms with E-state index in [0.29, 0.717) is 12.5 Å². The quantitative estimate of drug-likeness (QED) is 0.846. The molecule has 0 saturated carbocycles. The molecule has 1 heterocycles. The molecule has 2 N–H and O–H groups in total. The van der Waals surface area contributed by atoms with Crippen LogP contribution in [0.4, 0.5) is 4.39 Å². The lowest BCUT2D eigenvalue weighted by Crippen LogP contribution is -2.29. The van der Waals surface area contributed by atoms with Gasteiger partial charge in [-0.1, -0.05) is 32.0 Å². The molecule has 0 aliphatic carbocycles. The van der Waals surface area contributed by atoms with Crippen LogP contribution in [0, 0.1) is 11.7 Å². The molecule has 2 aromatic rings. The highest BCUT2D eigenvalue weighted by atomic mass is 32.1. The van der Waals surface area contributed by atoms with Crippen LogP contribution in [-0.4, -0.2) is 11.7 Å². The van der Waals surface area contributed by atoms with E-state index >= 15 is 0 Å². The Morgan fingerprint density at radius 1 is 1.20 bits per heavy atom. The lowest BCUT2D eigenvalue weighted by atomic mass is 10.0. The lowest BCUT2D eigenvalue weighted by Gasteiger charge is -2.23. The molecule has 2 unspecified atom stereocenters. The molecule has 20 heavy (non-hydrogen) atoms. The zero-order valence-electron chi connectivity index (χ0n) is 11.7. The van der Waals surface area contributed by atoms with Crippen molar-refractivity contribution in [1.29, 1.82) is 0 Å². The van der Waals surface area contributed by atoms with E-state index in [2.05, 4.69) is 30.6 Å². The first-order chi connectivity index (χ1) is 9.58. The first-order valence-electron chi connectivity index (χ1n) is 6.78. The van der Waals surface area contributed by atoms with E-state index in [9.17, 15) is 9.50 Å². The minimum absolute atomic E-state index is 0.227. The lowest BCUT2D eigenvalue weighted by molar-refractivity contribution is 0.166. The second kappa shape index (κ2) is 6.97. The highest BCUT2D eigenvalue weighted by molar-refractivity contribution is 7.10. The average molecular weight is 293 g/mol. The molecular weight excluding hydrogens is 273 g/mol. The van der Waals surface area contributed by atoms with Gasteiger partial charge in [-0.3, -0.25) is 0 Å². The SMILES string of the molecule is CC(C)C(NCC(O)c1ccc(F)cc1)c1cccs1. The van der Waals surface area contributed by atoms with Gasteiger partial charge in [-0.15, -0.1) is 11.3 Å². The van der Waals surface area contributed by atoms with Gasteiger partial charge in [-0.25, -0.2) is 4.39 Å². The average Bonchev–Trinajstić information content (AvgIpc) is 2.93. The second-order valence-corrected chi connectivity index (χ2v) is 6.19. The summed E-state index contributed by atoms with van der Waals surface area (Å²) in [4.78, 5) is 1.27. The summed E-state index contributed by atoms with van der Waals surface area (Å²) in [5.41, 5.74) is 0.729. The van der Waals surface area contributed by atoms with Crippen molar-refractivity contribution in [3.05, 3.63) is 58.0 Å². The van der Waals surface area contributed by atoms with E-state index in [4.69, 9.17) is 0 Å². The van der Waals surface area contributed by atoms with Crippen molar-refractivity contribution in [2.45, 2.75) is 26.0 Å². The molecule has 0 aliphatic heterocycles. The van der Waals surface area contributed by atoms with Gasteiger partial charge in [0.25, 0.3) is 0 Å². The Kier molecular flexibility index (Phi) is 5.29. The predicted molar refractivity (Wildman–Crippen MR) is 81.3 cm³/mol. The first kappa shape index (κ1) is 15.2. The Morgan fingerprint density at radius 2 is 1.90 bits per heavy atom. The fourth-order valence-electron chi connectivity index (χ4n) is 2.17. The van der Waals surface area contributed by atoms with Gasteiger partial charge in [0, 0.05) is 17.5 Å². The van der Waals surface area contributed by atoms with E-state index in [1.165, 1.54) is 17.0 Å². The molecule has 108 valence electrons. The third-order valence-corrected chi connectivity index (χ3v) is 4.26. The van der Waals surface area contributed by atoms with Gasteiger partial charge >= 0.3 is 0 Å². The molecule has 0 aliphatic rings. The van der Waals surface area contributed by atoms with Crippen LogP contribution in [-0.2, 0) is 0 Å². The molecule has 4 heteroatoms. The summed E-state index contributed by atoms with van der Waals surface area (Å²) in [5, 5.41) is 15.6. The number of nitrogens with one attached hydrogen (secondary N) is 1. The number of rotatable bonds is 6. The van der Waals surface area contributed by atoms with Crippen LogP contribution in [0.1, 0.15) is 36.4 Å². The van der Waals surface area contributed by atoms with Gasteiger partial charge < -0.3 is 10.4 Å². The molecule has 1 aromatic heterocycles. The maximum absolute atomic E-state index is 12.9. The molecule has 1 aromatic carbocycles. The number of benzene rings is 1. The van der Waals surface area contributed by atoms with E-state index in [1.807, 2.05) is 6.07 Å². The summed E-state index contributed by atoms with van der Waals surface area (Å²) in [5.74, 6) is 0.154. The zero-order valence-corrected chi connectivity index (χ0v) is 12.5.